The van der Waals surface area contributed by atoms with Gasteiger partial charge in [-0.05, 0) is 6.42 Å². The van der Waals surface area contributed by atoms with E-state index in [1.807, 2.05) is 6.92 Å². The maximum atomic E-state index is 11.9. The summed E-state index contributed by atoms with van der Waals surface area (Å²) in [6.45, 7) is 2.85. The standard InChI is InChI=1S/C12H18N4O2/c1-4-6-7-14-9-10(13)16(8-5-2)12(18)15(3)11(9)17/h1,14H,5-8,13H2,2-3H3. The quantitative estimate of drug-likeness (QED) is 0.568. The molecule has 6 nitrogen and oxygen atoms in total. The van der Waals surface area contributed by atoms with Gasteiger partial charge in [0.05, 0.1) is 0 Å². The first-order valence-corrected chi connectivity index (χ1v) is 5.81. The summed E-state index contributed by atoms with van der Waals surface area (Å²) in [5, 5.41) is 2.89. The minimum Gasteiger partial charge on any atom is -0.383 e. The molecule has 0 saturated carbocycles. The molecule has 0 aliphatic heterocycles. The number of nitrogens with two attached hydrogens (primary N) is 1. The summed E-state index contributed by atoms with van der Waals surface area (Å²) in [4.78, 5) is 23.8. The second-order valence-electron chi connectivity index (χ2n) is 3.94. The number of nitrogen functional groups attached to an aromatic ring is 1. The largest absolute Gasteiger partial charge is 0.383 e. The fourth-order valence-corrected chi connectivity index (χ4v) is 1.65. The number of nitrogens with one attached hydrogen (secondary N) is 1. The maximum absolute atomic E-state index is 11.9. The Morgan fingerprint density at radius 3 is 2.67 bits per heavy atom. The first kappa shape index (κ1) is 13.9. The van der Waals surface area contributed by atoms with Gasteiger partial charge in [-0.2, -0.15) is 0 Å². The highest BCUT2D eigenvalue weighted by molar-refractivity contribution is 5.60. The molecule has 0 amide bonds. The van der Waals surface area contributed by atoms with E-state index in [-0.39, 0.29) is 11.5 Å². The number of terminal acetylenes is 1. The first-order valence-electron chi connectivity index (χ1n) is 5.81. The Morgan fingerprint density at radius 2 is 2.11 bits per heavy atom. The second-order valence-corrected chi connectivity index (χ2v) is 3.94. The van der Waals surface area contributed by atoms with Crippen LogP contribution in [0.25, 0.3) is 0 Å². The van der Waals surface area contributed by atoms with Crippen LogP contribution >= 0.6 is 0 Å². The lowest BCUT2D eigenvalue weighted by molar-refractivity contribution is 0.600. The van der Waals surface area contributed by atoms with Crippen LogP contribution in [0.5, 0.6) is 0 Å². The average Bonchev–Trinajstić information content (AvgIpc) is 2.36. The van der Waals surface area contributed by atoms with Gasteiger partial charge in [0.15, 0.2) is 0 Å². The van der Waals surface area contributed by atoms with E-state index in [2.05, 4.69) is 11.2 Å². The lowest BCUT2D eigenvalue weighted by Crippen LogP contribution is -2.40. The monoisotopic (exact) mass is 250 g/mol. The Hall–Kier alpha value is -2.16. The number of anilines is 2. The Bertz CT molecular complexity index is 577. The molecule has 98 valence electrons. The van der Waals surface area contributed by atoms with Gasteiger partial charge in [0, 0.05) is 26.6 Å². The molecule has 0 radical (unpaired) electrons. The van der Waals surface area contributed by atoms with E-state index in [1.54, 1.807) is 0 Å². The van der Waals surface area contributed by atoms with Crippen molar-refractivity contribution in [2.75, 3.05) is 17.6 Å². The molecule has 1 rings (SSSR count). The third kappa shape index (κ3) is 2.56. The topological polar surface area (TPSA) is 82.0 Å². The number of hydrogen-bond donors (Lipinski definition) is 2. The highest BCUT2D eigenvalue weighted by atomic mass is 16.2. The molecule has 6 heteroatoms. The molecular formula is C12H18N4O2. The molecule has 1 aromatic heterocycles. The molecule has 1 heterocycles. The van der Waals surface area contributed by atoms with Crippen molar-refractivity contribution in [3.05, 3.63) is 20.8 Å². The minimum absolute atomic E-state index is 0.168. The van der Waals surface area contributed by atoms with Gasteiger partial charge in [-0.15, -0.1) is 12.3 Å². The van der Waals surface area contributed by atoms with Crippen molar-refractivity contribution in [1.29, 1.82) is 0 Å². The van der Waals surface area contributed by atoms with Gasteiger partial charge in [0.25, 0.3) is 5.56 Å². The SMILES string of the molecule is C#CCCNc1c(N)n(CCC)c(=O)n(C)c1=O. The van der Waals surface area contributed by atoms with Crippen LogP contribution in [-0.2, 0) is 13.6 Å². The molecule has 18 heavy (non-hydrogen) atoms. The van der Waals surface area contributed by atoms with E-state index >= 15 is 0 Å². The van der Waals surface area contributed by atoms with Crippen molar-refractivity contribution >= 4 is 11.5 Å². The Morgan fingerprint density at radius 1 is 1.44 bits per heavy atom. The van der Waals surface area contributed by atoms with E-state index in [1.165, 1.54) is 11.6 Å². The predicted octanol–water partition coefficient (Wildman–Crippen LogP) is -0.0256. The van der Waals surface area contributed by atoms with Gasteiger partial charge in [0.2, 0.25) is 0 Å². The van der Waals surface area contributed by atoms with Crippen molar-refractivity contribution in [2.45, 2.75) is 26.3 Å². The molecule has 0 saturated heterocycles. The zero-order chi connectivity index (χ0) is 13.7. The van der Waals surface area contributed by atoms with Gasteiger partial charge in [-0.1, -0.05) is 6.92 Å². The minimum atomic E-state index is -0.429. The third-order valence-electron chi connectivity index (χ3n) is 2.60. The van der Waals surface area contributed by atoms with Crippen molar-refractivity contribution in [1.82, 2.24) is 9.13 Å². The lowest BCUT2D eigenvalue weighted by Gasteiger charge is -2.15. The van der Waals surface area contributed by atoms with Crippen molar-refractivity contribution in [3.63, 3.8) is 0 Å². The van der Waals surface area contributed by atoms with Crippen molar-refractivity contribution in [2.24, 2.45) is 7.05 Å². The van der Waals surface area contributed by atoms with E-state index < -0.39 is 11.2 Å². The highest BCUT2D eigenvalue weighted by Crippen LogP contribution is 2.10. The fraction of sp³-hybridized carbons (Fsp3) is 0.500. The zero-order valence-corrected chi connectivity index (χ0v) is 10.7. The Labute approximate surface area is 105 Å². The van der Waals surface area contributed by atoms with Crippen LogP contribution < -0.4 is 22.3 Å². The molecule has 0 unspecified atom stereocenters. The number of aromatic nitrogens is 2. The number of hydrogen-bond acceptors (Lipinski definition) is 4. The maximum Gasteiger partial charge on any atom is 0.332 e. The molecule has 0 spiro atoms. The lowest BCUT2D eigenvalue weighted by atomic mass is 10.3. The van der Waals surface area contributed by atoms with Gasteiger partial charge >= 0.3 is 5.69 Å². The van der Waals surface area contributed by atoms with E-state index in [0.717, 1.165) is 11.0 Å². The van der Waals surface area contributed by atoms with Crippen LogP contribution in [0.1, 0.15) is 19.8 Å². The molecule has 0 aromatic carbocycles. The zero-order valence-electron chi connectivity index (χ0n) is 10.7. The fourth-order valence-electron chi connectivity index (χ4n) is 1.65. The summed E-state index contributed by atoms with van der Waals surface area (Å²) in [5.41, 5.74) is 5.26. The van der Waals surface area contributed by atoms with E-state index in [0.29, 0.717) is 19.5 Å². The van der Waals surface area contributed by atoms with Gasteiger partial charge in [0.1, 0.15) is 11.5 Å². The summed E-state index contributed by atoms with van der Waals surface area (Å²) in [6.07, 6.45) is 6.38. The third-order valence-corrected chi connectivity index (χ3v) is 2.60. The van der Waals surface area contributed by atoms with Crippen LogP contribution in [0, 0.1) is 12.3 Å². The molecular weight excluding hydrogens is 232 g/mol. The molecule has 0 bridgehead atoms. The van der Waals surface area contributed by atoms with Gasteiger partial charge in [-0.3, -0.25) is 13.9 Å². The van der Waals surface area contributed by atoms with Crippen LogP contribution in [0.15, 0.2) is 9.59 Å². The van der Waals surface area contributed by atoms with Crippen LogP contribution in [0.3, 0.4) is 0 Å². The Kier molecular flexibility index (Phi) is 4.60. The average molecular weight is 250 g/mol. The number of nitrogens with zero attached hydrogens (tertiary/aromatic N) is 2. The molecule has 0 aliphatic carbocycles. The molecule has 0 aliphatic rings. The summed E-state index contributed by atoms with van der Waals surface area (Å²) < 4.78 is 2.43. The molecule has 3 N–H and O–H groups in total. The Balaban J connectivity index is 3.30. The smallest absolute Gasteiger partial charge is 0.332 e. The van der Waals surface area contributed by atoms with Crippen LogP contribution in [0.2, 0.25) is 0 Å². The molecule has 0 atom stereocenters. The highest BCUT2D eigenvalue weighted by Gasteiger charge is 2.13. The van der Waals surface area contributed by atoms with Crippen LogP contribution in [0.4, 0.5) is 11.5 Å². The van der Waals surface area contributed by atoms with Gasteiger partial charge < -0.3 is 11.1 Å². The summed E-state index contributed by atoms with van der Waals surface area (Å²) >= 11 is 0. The summed E-state index contributed by atoms with van der Waals surface area (Å²) in [7, 11) is 1.43. The summed E-state index contributed by atoms with van der Waals surface area (Å²) in [5.74, 6) is 2.63. The number of rotatable bonds is 5. The van der Waals surface area contributed by atoms with Crippen LogP contribution in [-0.4, -0.2) is 15.7 Å². The molecule has 1 aromatic rings. The van der Waals surface area contributed by atoms with E-state index in [9.17, 15) is 9.59 Å². The van der Waals surface area contributed by atoms with Crippen molar-refractivity contribution < 1.29 is 0 Å². The predicted molar refractivity (Wildman–Crippen MR) is 72.6 cm³/mol. The normalized spacial score (nSPS) is 10.1. The summed E-state index contributed by atoms with van der Waals surface area (Å²) in [6, 6.07) is 0. The molecule has 0 fully saturated rings. The first-order chi connectivity index (χ1) is 8.54. The van der Waals surface area contributed by atoms with Gasteiger partial charge in [-0.25, -0.2) is 4.79 Å². The van der Waals surface area contributed by atoms with Crippen molar-refractivity contribution in [3.8, 4) is 12.3 Å². The van der Waals surface area contributed by atoms with E-state index in [4.69, 9.17) is 12.2 Å². The second kappa shape index (κ2) is 5.96.